The molecule has 0 amide bonds. The summed E-state index contributed by atoms with van der Waals surface area (Å²) in [7, 11) is 1.65. The van der Waals surface area contributed by atoms with Crippen molar-refractivity contribution in [2.75, 3.05) is 0 Å². The lowest BCUT2D eigenvalue weighted by atomic mass is 10.2. The highest BCUT2D eigenvalue weighted by Crippen LogP contribution is 2.05. The Balaban J connectivity index is 2.39. The molecule has 0 aliphatic heterocycles. The van der Waals surface area contributed by atoms with Crippen LogP contribution >= 0.6 is 11.5 Å². The first kappa shape index (κ1) is 7.99. The van der Waals surface area contributed by atoms with Gasteiger partial charge in [-0.3, -0.25) is 4.79 Å². The molecule has 0 aliphatic carbocycles. The van der Waals surface area contributed by atoms with Gasteiger partial charge in [0.25, 0.3) is 0 Å². The van der Waals surface area contributed by atoms with Crippen LogP contribution in [-0.2, 0) is 7.05 Å². The van der Waals surface area contributed by atoms with Crippen LogP contribution in [0.5, 0.6) is 0 Å². The molecule has 66 valence electrons. The molecule has 0 aromatic carbocycles. The van der Waals surface area contributed by atoms with Crippen LogP contribution in [0.4, 0.5) is 0 Å². The van der Waals surface area contributed by atoms with Gasteiger partial charge >= 0.3 is 0 Å². The first-order valence-corrected chi connectivity index (χ1v) is 4.29. The van der Waals surface area contributed by atoms with Crippen LogP contribution in [0, 0.1) is 0 Å². The Labute approximate surface area is 77.4 Å². The molecular weight excluding hydrogens is 190 g/mol. The molecule has 0 unspecified atom stereocenters. The molecule has 0 spiro atoms. The van der Waals surface area contributed by atoms with Crippen LogP contribution in [0.2, 0.25) is 0 Å². The molecule has 6 nitrogen and oxygen atoms in total. The summed E-state index contributed by atoms with van der Waals surface area (Å²) >= 11 is 1.14. The van der Waals surface area contributed by atoms with E-state index in [2.05, 4.69) is 19.9 Å². The van der Waals surface area contributed by atoms with E-state index in [-0.39, 0.29) is 5.78 Å². The predicted octanol–water partition coefficient (Wildman–Crippen LogP) is -0.102. The van der Waals surface area contributed by atoms with Crippen LogP contribution in [0.3, 0.4) is 0 Å². The zero-order valence-electron chi connectivity index (χ0n) is 6.71. The lowest BCUT2D eigenvalue weighted by Crippen LogP contribution is -2.08. The Bertz CT molecular complexity index is 420. The van der Waals surface area contributed by atoms with E-state index in [4.69, 9.17) is 0 Å². The number of hydrogen-bond acceptors (Lipinski definition) is 6. The van der Waals surface area contributed by atoms with E-state index in [9.17, 15) is 4.79 Å². The standard InChI is InChI=1S/C6H5N5OS/c1-11-5(2-7-9-11)6(12)4-3-13-10-8-4/h2-3H,1H3. The topological polar surface area (TPSA) is 73.6 Å². The smallest absolute Gasteiger partial charge is 0.233 e. The first-order chi connectivity index (χ1) is 6.29. The Morgan fingerprint density at radius 2 is 2.46 bits per heavy atom. The summed E-state index contributed by atoms with van der Waals surface area (Å²) in [6.45, 7) is 0. The highest BCUT2D eigenvalue weighted by molar-refractivity contribution is 7.03. The SMILES string of the molecule is Cn1nncc1C(=O)c1csnn1. The summed E-state index contributed by atoms with van der Waals surface area (Å²) in [6, 6.07) is 0. The van der Waals surface area contributed by atoms with Gasteiger partial charge in [-0.2, -0.15) is 0 Å². The third-order valence-corrected chi connectivity index (χ3v) is 2.04. The number of aromatic nitrogens is 5. The van der Waals surface area contributed by atoms with Crippen LogP contribution < -0.4 is 0 Å². The van der Waals surface area contributed by atoms with Crippen molar-refractivity contribution in [3.05, 3.63) is 23.0 Å². The number of nitrogens with zero attached hydrogens (tertiary/aromatic N) is 5. The summed E-state index contributed by atoms with van der Waals surface area (Å²) in [4.78, 5) is 11.6. The molecule has 2 aromatic heterocycles. The first-order valence-electron chi connectivity index (χ1n) is 3.45. The van der Waals surface area contributed by atoms with E-state index in [1.807, 2.05) is 0 Å². The lowest BCUT2D eigenvalue weighted by molar-refractivity contribution is 0.102. The Morgan fingerprint density at radius 1 is 1.62 bits per heavy atom. The van der Waals surface area contributed by atoms with Gasteiger partial charge in [-0.15, -0.1) is 10.2 Å². The molecule has 2 heterocycles. The second-order valence-electron chi connectivity index (χ2n) is 2.36. The van der Waals surface area contributed by atoms with Crippen LogP contribution in [0.15, 0.2) is 11.6 Å². The molecule has 2 rings (SSSR count). The molecular formula is C6H5N5OS. The van der Waals surface area contributed by atoms with Gasteiger partial charge in [-0.05, 0) is 11.5 Å². The van der Waals surface area contributed by atoms with Gasteiger partial charge < -0.3 is 0 Å². The van der Waals surface area contributed by atoms with E-state index < -0.39 is 0 Å². The molecule has 0 radical (unpaired) electrons. The van der Waals surface area contributed by atoms with Gasteiger partial charge in [0.1, 0.15) is 11.4 Å². The predicted molar refractivity (Wildman–Crippen MR) is 44.3 cm³/mol. The maximum absolute atomic E-state index is 11.6. The summed E-state index contributed by atoms with van der Waals surface area (Å²) in [6.07, 6.45) is 1.40. The largest absolute Gasteiger partial charge is 0.285 e. The molecule has 0 fully saturated rings. The molecule has 0 saturated carbocycles. The molecule has 0 aliphatic rings. The summed E-state index contributed by atoms with van der Waals surface area (Å²) in [5.41, 5.74) is 0.739. The number of ketones is 1. The van der Waals surface area contributed by atoms with Crippen molar-refractivity contribution >= 4 is 17.3 Å². The minimum Gasteiger partial charge on any atom is -0.285 e. The average Bonchev–Trinajstić information content (AvgIpc) is 2.72. The molecule has 0 bridgehead atoms. The molecule has 0 atom stereocenters. The molecule has 0 saturated heterocycles. The van der Waals surface area contributed by atoms with Gasteiger partial charge in [-0.1, -0.05) is 9.70 Å². The van der Waals surface area contributed by atoms with E-state index in [1.54, 1.807) is 12.4 Å². The second-order valence-corrected chi connectivity index (χ2v) is 2.97. The quantitative estimate of drug-likeness (QED) is 0.625. The highest BCUT2D eigenvalue weighted by Gasteiger charge is 2.15. The summed E-state index contributed by atoms with van der Waals surface area (Å²) < 4.78 is 5.01. The Kier molecular flexibility index (Phi) is 1.85. The molecule has 7 heteroatoms. The molecule has 0 N–H and O–H groups in total. The summed E-state index contributed by atoms with van der Waals surface area (Å²) in [5, 5.41) is 12.5. The Hall–Kier alpha value is -1.63. The van der Waals surface area contributed by atoms with Gasteiger partial charge in [0.05, 0.1) is 6.20 Å². The van der Waals surface area contributed by atoms with E-state index in [0.717, 1.165) is 11.5 Å². The van der Waals surface area contributed by atoms with Gasteiger partial charge in [-0.25, -0.2) is 4.68 Å². The number of rotatable bonds is 2. The minimum absolute atomic E-state index is 0.207. The van der Waals surface area contributed by atoms with Crippen molar-refractivity contribution in [3.63, 3.8) is 0 Å². The monoisotopic (exact) mass is 195 g/mol. The zero-order valence-corrected chi connectivity index (χ0v) is 7.52. The maximum atomic E-state index is 11.6. The normalized spacial score (nSPS) is 10.2. The highest BCUT2D eigenvalue weighted by atomic mass is 32.1. The van der Waals surface area contributed by atoms with Crippen LogP contribution in [-0.4, -0.2) is 30.4 Å². The fourth-order valence-corrected chi connectivity index (χ4v) is 1.33. The zero-order chi connectivity index (χ0) is 9.26. The molecule has 2 aromatic rings. The van der Waals surface area contributed by atoms with Crippen LogP contribution in [0.1, 0.15) is 16.2 Å². The van der Waals surface area contributed by atoms with Gasteiger partial charge in [0.15, 0.2) is 0 Å². The fourth-order valence-electron chi connectivity index (χ4n) is 0.890. The van der Waals surface area contributed by atoms with Gasteiger partial charge in [0.2, 0.25) is 5.78 Å². The van der Waals surface area contributed by atoms with Crippen molar-refractivity contribution in [1.29, 1.82) is 0 Å². The van der Waals surface area contributed by atoms with Crippen molar-refractivity contribution in [2.24, 2.45) is 7.05 Å². The van der Waals surface area contributed by atoms with Crippen molar-refractivity contribution in [2.45, 2.75) is 0 Å². The van der Waals surface area contributed by atoms with Crippen molar-refractivity contribution in [1.82, 2.24) is 24.6 Å². The Morgan fingerprint density at radius 3 is 3.00 bits per heavy atom. The fraction of sp³-hybridized carbons (Fsp3) is 0.167. The maximum Gasteiger partial charge on any atom is 0.233 e. The lowest BCUT2D eigenvalue weighted by Gasteiger charge is -1.93. The third-order valence-electron chi connectivity index (χ3n) is 1.54. The van der Waals surface area contributed by atoms with E-state index in [1.165, 1.54) is 10.9 Å². The number of carbonyl (C=O) groups is 1. The summed E-state index contributed by atoms with van der Waals surface area (Å²) in [5.74, 6) is -0.207. The number of aryl methyl sites for hydroxylation is 1. The number of hydrogen-bond donors (Lipinski definition) is 0. The molecule has 13 heavy (non-hydrogen) atoms. The number of carbonyl (C=O) groups excluding carboxylic acids is 1. The minimum atomic E-state index is -0.207. The van der Waals surface area contributed by atoms with Gasteiger partial charge in [0, 0.05) is 12.4 Å². The second kappa shape index (κ2) is 3.02. The average molecular weight is 195 g/mol. The van der Waals surface area contributed by atoms with E-state index in [0.29, 0.717) is 11.4 Å². The van der Waals surface area contributed by atoms with Crippen molar-refractivity contribution in [3.8, 4) is 0 Å². The van der Waals surface area contributed by atoms with E-state index >= 15 is 0 Å². The third kappa shape index (κ3) is 1.33. The van der Waals surface area contributed by atoms with Crippen molar-refractivity contribution < 1.29 is 4.79 Å². The van der Waals surface area contributed by atoms with Crippen LogP contribution in [0.25, 0.3) is 0 Å².